The van der Waals surface area contributed by atoms with Crippen LogP contribution in [0.5, 0.6) is 23.0 Å². The second kappa shape index (κ2) is 11.8. The second-order valence-electron chi connectivity index (χ2n) is 7.64. The van der Waals surface area contributed by atoms with Crippen LogP contribution in [0.3, 0.4) is 0 Å². The van der Waals surface area contributed by atoms with Crippen LogP contribution in [-0.4, -0.2) is 85.0 Å². The molecule has 0 aromatic carbocycles. The van der Waals surface area contributed by atoms with Crippen molar-refractivity contribution < 1.29 is 67.8 Å². The largest absolute Gasteiger partial charge is 0.524 e. The van der Waals surface area contributed by atoms with Gasteiger partial charge in [-0.1, -0.05) is 0 Å². The molecular formula is C18H24N4O14P2. The van der Waals surface area contributed by atoms with Crippen molar-refractivity contribution in [3.8, 4) is 23.0 Å². The number of carboxylic acid groups (broad SMARTS) is 2. The van der Waals surface area contributed by atoms with Crippen molar-refractivity contribution in [1.82, 2.24) is 19.8 Å². The van der Waals surface area contributed by atoms with E-state index in [-0.39, 0.29) is 22.5 Å². The quantitative estimate of drug-likeness (QED) is 0.172. The lowest BCUT2D eigenvalue weighted by Gasteiger charge is -2.26. The van der Waals surface area contributed by atoms with E-state index in [0.29, 0.717) is 9.80 Å². The molecule has 2 rings (SSSR count). The van der Waals surface area contributed by atoms with Crippen molar-refractivity contribution in [3.05, 3.63) is 34.9 Å². The molecule has 0 radical (unpaired) electrons. The van der Waals surface area contributed by atoms with Crippen LogP contribution in [0.25, 0.3) is 0 Å². The fourth-order valence-corrected chi connectivity index (χ4v) is 3.91. The molecule has 2 aromatic heterocycles. The zero-order chi connectivity index (χ0) is 29.0. The van der Waals surface area contributed by atoms with Gasteiger partial charge in [-0.3, -0.25) is 29.5 Å². The third-order valence-electron chi connectivity index (χ3n) is 4.92. The number of nitrogens with zero attached hydrogens (tertiary/aromatic N) is 4. The van der Waals surface area contributed by atoms with Gasteiger partial charge in [0.05, 0.1) is 48.0 Å². The Bertz CT molecular complexity index is 1210. The first-order chi connectivity index (χ1) is 17.4. The van der Waals surface area contributed by atoms with Crippen LogP contribution >= 0.6 is 15.6 Å². The van der Waals surface area contributed by atoms with E-state index in [9.17, 15) is 39.1 Å². The Morgan fingerprint density at radius 3 is 1.34 bits per heavy atom. The van der Waals surface area contributed by atoms with Crippen LogP contribution in [0.4, 0.5) is 9.59 Å². The highest BCUT2D eigenvalue weighted by Crippen LogP contribution is 2.43. The molecule has 2 aromatic rings. The van der Waals surface area contributed by atoms with Gasteiger partial charge < -0.3 is 39.3 Å². The first-order valence-electron chi connectivity index (χ1n) is 10.2. The maximum Gasteiger partial charge on any atom is 0.524 e. The van der Waals surface area contributed by atoms with E-state index in [0.717, 1.165) is 12.4 Å². The van der Waals surface area contributed by atoms with Crippen LogP contribution in [0.2, 0.25) is 0 Å². The number of carbonyl (C=O) groups is 2. The van der Waals surface area contributed by atoms with Crippen molar-refractivity contribution in [2.75, 3.05) is 13.1 Å². The molecule has 0 bridgehead atoms. The van der Waals surface area contributed by atoms with Crippen molar-refractivity contribution in [1.29, 1.82) is 0 Å². The molecule has 2 amide bonds. The van der Waals surface area contributed by atoms with Crippen molar-refractivity contribution in [2.24, 2.45) is 0 Å². The van der Waals surface area contributed by atoms with Gasteiger partial charge in [-0.2, -0.15) is 0 Å². The summed E-state index contributed by atoms with van der Waals surface area (Å²) in [5, 5.41) is 39.9. The standard InChI is InChI=1S/C18H24N4O14P2/c1-9-15(23)11(13(5-19-9)35-37(29,30)31)7-21(17(25)26)3-4-22(18(27)28)8-12-14(36-38(32,33)34)6-20-10(2)16(12)24/h5-6,23-24H,3-4,7-8H2,1-2H3,(H,25,26)(H,27,28)(H2,29,30,31)(H2,32,33,34). The monoisotopic (exact) mass is 582 g/mol. The number of hydrogen-bond acceptors (Lipinski definition) is 10. The summed E-state index contributed by atoms with van der Waals surface area (Å²) >= 11 is 0. The minimum atomic E-state index is -5.13. The van der Waals surface area contributed by atoms with E-state index < -0.39 is 77.0 Å². The normalized spacial score (nSPS) is 11.6. The Balaban J connectivity index is 2.34. The molecule has 0 aliphatic heterocycles. The molecule has 0 aliphatic rings. The van der Waals surface area contributed by atoms with Gasteiger partial charge in [-0.15, -0.1) is 0 Å². The lowest BCUT2D eigenvalue weighted by Crippen LogP contribution is -2.39. The van der Waals surface area contributed by atoms with Crippen molar-refractivity contribution >= 4 is 27.8 Å². The zero-order valence-corrected chi connectivity index (χ0v) is 21.5. The maximum atomic E-state index is 11.9. The highest BCUT2D eigenvalue weighted by atomic mass is 31.2. The minimum Gasteiger partial charge on any atom is -0.506 e. The number of phosphoric acid groups is 2. The fourth-order valence-electron chi connectivity index (χ4n) is 3.09. The number of hydrogen-bond donors (Lipinski definition) is 8. The van der Waals surface area contributed by atoms with Gasteiger partial charge in [0, 0.05) is 13.1 Å². The summed E-state index contributed by atoms with van der Waals surface area (Å²) in [6, 6.07) is 0. The molecule has 20 heteroatoms. The van der Waals surface area contributed by atoms with Crippen molar-refractivity contribution in [3.63, 3.8) is 0 Å². The highest BCUT2D eigenvalue weighted by molar-refractivity contribution is 7.47. The molecule has 38 heavy (non-hydrogen) atoms. The highest BCUT2D eigenvalue weighted by Gasteiger charge is 2.28. The van der Waals surface area contributed by atoms with Crippen LogP contribution in [0, 0.1) is 13.8 Å². The Morgan fingerprint density at radius 1 is 0.763 bits per heavy atom. The number of phosphoric ester groups is 2. The molecule has 0 aliphatic carbocycles. The van der Waals surface area contributed by atoms with Gasteiger partial charge in [-0.25, -0.2) is 18.7 Å². The van der Waals surface area contributed by atoms with Crippen LogP contribution in [0.1, 0.15) is 22.5 Å². The third-order valence-corrected chi connectivity index (χ3v) is 5.79. The lowest BCUT2D eigenvalue weighted by molar-refractivity contribution is 0.118. The number of aromatic nitrogens is 2. The van der Waals surface area contributed by atoms with Crippen molar-refractivity contribution in [2.45, 2.75) is 26.9 Å². The van der Waals surface area contributed by atoms with E-state index in [1.165, 1.54) is 13.8 Å². The predicted octanol–water partition coefficient (Wildman–Crippen LogP) is 1.11. The predicted molar refractivity (Wildman–Crippen MR) is 123 cm³/mol. The average Bonchev–Trinajstić information content (AvgIpc) is 2.76. The number of aryl methyl sites for hydroxylation is 2. The Hall–Kier alpha value is -3.66. The summed E-state index contributed by atoms with van der Waals surface area (Å²) < 4.78 is 31.5. The number of amides is 2. The van der Waals surface area contributed by atoms with Crippen LogP contribution in [-0.2, 0) is 22.2 Å². The molecule has 18 nitrogen and oxygen atoms in total. The lowest BCUT2D eigenvalue weighted by atomic mass is 10.1. The topological polar surface area (TPSA) is 281 Å². The van der Waals surface area contributed by atoms with E-state index in [4.69, 9.17) is 19.6 Å². The number of pyridine rings is 2. The van der Waals surface area contributed by atoms with Gasteiger partial charge in [0.2, 0.25) is 0 Å². The summed E-state index contributed by atoms with van der Waals surface area (Å²) in [7, 11) is -10.3. The molecule has 8 N–H and O–H groups in total. The van der Waals surface area contributed by atoms with Gasteiger partial charge in [0.25, 0.3) is 0 Å². The SMILES string of the molecule is Cc1ncc(OP(=O)(O)O)c(CN(CCN(Cc2c(OP(=O)(O)O)cnc(C)c2O)C(=O)O)C(=O)O)c1O. The first-order valence-corrected chi connectivity index (χ1v) is 13.3. The van der Waals surface area contributed by atoms with Gasteiger partial charge in [-0.05, 0) is 13.8 Å². The van der Waals surface area contributed by atoms with Crippen LogP contribution < -0.4 is 9.05 Å². The Morgan fingerprint density at radius 2 is 1.08 bits per heavy atom. The Labute approximate surface area is 213 Å². The number of rotatable bonds is 11. The molecule has 210 valence electrons. The molecule has 0 atom stereocenters. The first kappa shape index (κ1) is 30.6. The summed E-state index contributed by atoms with van der Waals surface area (Å²) in [5.74, 6) is -2.46. The maximum absolute atomic E-state index is 11.9. The Kier molecular flexibility index (Phi) is 9.50. The smallest absolute Gasteiger partial charge is 0.506 e. The zero-order valence-electron chi connectivity index (χ0n) is 19.7. The summed E-state index contributed by atoms with van der Waals surface area (Å²) in [6.07, 6.45) is -1.49. The fraction of sp³-hybridized carbons (Fsp3) is 0.333. The molecule has 0 saturated heterocycles. The molecule has 0 spiro atoms. The summed E-state index contributed by atoms with van der Waals surface area (Å²) in [5.41, 5.74) is -0.747. The average molecular weight is 582 g/mol. The van der Waals surface area contributed by atoms with Gasteiger partial charge >= 0.3 is 27.8 Å². The number of aromatic hydroxyl groups is 2. The third kappa shape index (κ3) is 8.44. The molecule has 0 saturated carbocycles. The summed E-state index contributed by atoms with van der Waals surface area (Å²) in [6.45, 7) is 0.100. The molecular weight excluding hydrogens is 558 g/mol. The molecule has 2 heterocycles. The van der Waals surface area contributed by atoms with Gasteiger partial charge in [0.1, 0.15) is 11.5 Å². The van der Waals surface area contributed by atoms with E-state index >= 15 is 0 Å². The van der Waals surface area contributed by atoms with Crippen LogP contribution in [0.15, 0.2) is 12.4 Å². The molecule has 0 unspecified atom stereocenters. The molecule has 0 fully saturated rings. The van der Waals surface area contributed by atoms with E-state index in [1.807, 2.05) is 0 Å². The minimum absolute atomic E-state index is 0.0170. The van der Waals surface area contributed by atoms with E-state index in [2.05, 4.69) is 19.0 Å². The second-order valence-corrected chi connectivity index (χ2v) is 9.97. The van der Waals surface area contributed by atoms with Gasteiger partial charge in [0.15, 0.2) is 11.5 Å². The summed E-state index contributed by atoms with van der Waals surface area (Å²) in [4.78, 5) is 68.7. The van der Waals surface area contributed by atoms with E-state index in [1.54, 1.807) is 0 Å².